The van der Waals surface area contributed by atoms with Crippen molar-refractivity contribution in [3.63, 3.8) is 0 Å². The number of halogens is 1. The highest BCUT2D eigenvalue weighted by molar-refractivity contribution is 6.30. The second-order valence-corrected chi connectivity index (χ2v) is 7.39. The highest BCUT2D eigenvalue weighted by atomic mass is 35.5. The maximum absolute atomic E-state index is 13.2. The lowest BCUT2D eigenvalue weighted by Gasteiger charge is -2.39. The zero-order chi connectivity index (χ0) is 16.5. The summed E-state index contributed by atoms with van der Waals surface area (Å²) in [5, 5.41) is 0.724. The molecule has 1 amide bonds. The van der Waals surface area contributed by atoms with Crippen LogP contribution in [0, 0.1) is 5.92 Å². The van der Waals surface area contributed by atoms with Crippen molar-refractivity contribution in [1.29, 1.82) is 0 Å². The summed E-state index contributed by atoms with van der Waals surface area (Å²) in [4.78, 5) is 19.5. The van der Waals surface area contributed by atoms with Crippen molar-refractivity contribution in [2.45, 2.75) is 51.2 Å². The largest absolute Gasteiger partial charge is 0.331 e. The van der Waals surface area contributed by atoms with Crippen molar-refractivity contribution in [3.05, 3.63) is 53.1 Å². The van der Waals surface area contributed by atoms with Crippen LogP contribution < -0.4 is 0 Å². The van der Waals surface area contributed by atoms with Gasteiger partial charge in [-0.1, -0.05) is 43.0 Å². The van der Waals surface area contributed by atoms with E-state index in [-0.39, 0.29) is 11.9 Å². The highest BCUT2D eigenvalue weighted by Gasteiger charge is 2.38. The summed E-state index contributed by atoms with van der Waals surface area (Å²) in [7, 11) is 0. The van der Waals surface area contributed by atoms with Crippen molar-refractivity contribution in [2.24, 2.45) is 5.92 Å². The predicted molar refractivity (Wildman–Crippen MR) is 93.5 cm³/mol. The van der Waals surface area contributed by atoms with Gasteiger partial charge in [0.1, 0.15) is 6.04 Å². The Morgan fingerprint density at radius 1 is 1.12 bits per heavy atom. The second-order valence-electron chi connectivity index (χ2n) is 6.96. The monoisotopic (exact) mass is 343 g/mol. The van der Waals surface area contributed by atoms with Gasteiger partial charge < -0.3 is 9.47 Å². The van der Waals surface area contributed by atoms with Gasteiger partial charge in [0.15, 0.2) is 0 Å². The van der Waals surface area contributed by atoms with Crippen molar-refractivity contribution in [2.75, 3.05) is 0 Å². The molecule has 0 spiro atoms. The first-order chi connectivity index (χ1) is 11.7. The molecule has 0 radical (unpaired) electrons. The molecule has 1 aromatic heterocycles. The molecule has 0 saturated heterocycles. The van der Waals surface area contributed by atoms with E-state index in [1.165, 1.54) is 19.3 Å². The Labute approximate surface area is 147 Å². The number of imidazole rings is 1. The van der Waals surface area contributed by atoms with Gasteiger partial charge in [-0.2, -0.15) is 0 Å². The molecule has 1 saturated carbocycles. The Hall–Kier alpha value is -1.81. The molecule has 4 nitrogen and oxygen atoms in total. The molecule has 1 unspecified atom stereocenters. The number of hydrogen-bond acceptors (Lipinski definition) is 2. The fraction of sp³-hybridized carbons (Fsp3) is 0.474. The molecule has 1 aliphatic heterocycles. The molecular formula is C19H22ClN3O. The third kappa shape index (κ3) is 2.95. The molecule has 2 aliphatic rings. The number of rotatable bonds is 3. The number of fused-ring (bicyclic) bond motifs is 1. The van der Waals surface area contributed by atoms with Crippen LogP contribution in [0.2, 0.25) is 5.02 Å². The van der Waals surface area contributed by atoms with Gasteiger partial charge in [0.2, 0.25) is 5.91 Å². The Morgan fingerprint density at radius 2 is 1.88 bits per heavy atom. The predicted octanol–water partition coefficient (Wildman–Crippen LogP) is 4.20. The molecule has 2 aromatic rings. The standard InChI is InChI=1S/C19H22ClN3O/c20-16-8-6-14(7-9-16)11-22-12-17-10-21-13-23(17)18(19(22)24)15-4-2-1-3-5-15/h6-10,13,15,18H,1-5,11-12H2. The molecule has 0 N–H and O–H groups in total. The summed E-state index contributed by atoms with van der Waals surface area (Å²) in [5.41, 5.74) is 2.25. The number of benzene rings is 1. The maximum atomic E-state index is 13.2. The van der Waals surface area contributed by atoms with Crippen LogP contribution in [-0.2, 0) is 17.9 Å². The van der Waals surface area contributed by atoms with Gasteiger partial charge in [-0.3, -0.25) is 4.79 Å². The molecule has 1 aromatic carbocycles. The zero-order valence-electron chi connectivity index (χ0n) is 13.7. The van der Waals surface area contributed by atoms with Crippen LogP contribution in [0.4, 0.5) is 0 Å². The molecule has 1 fully saturated rings. The number of amides is 1. The van der Waals surface area contributed by atoms with E-state index < -0.39 is 0 Å². The first-order valence-corrected chi connectivity index (χ1v) is 9.14. The summed E-state index contributed by atoms with van der Waals surface area (Å²) in [5.74, 6) is 0.676. The first-order valence-electron chi connectivity index (χ1n) is 8.76. The summed E-state index contributed by atoms with van der Waals surface area (Å²) >= 11 is 5.97. The molecule has 1 aliphatic carbocycles. The smallest absolute Gasteiger partial charge is 0.246 e. The van der Waals surface area contributed by atoms with Crippen LogP contribution in [0.3, 0.4) is 0 Å². The quantitative estimate of drug-likeness (QED) is 0.837. The van der Waals surface area contributed by atoms with Crippen LogP contribution in [0.1, 0.15) is 49.4 Å². The minimum absolute atomic E-state index is 0.0798. The van der Waals surface area contributed by atoms with E-state index in [0.29, 0.717) is 19.0 Å². The Balaban J connectivity index is 1.60. The molecule has 2 heterocycles. The van der Waals surface area contributed by atoms with Crippen LogP contribution in [0.25, 0.3) is 0 Å². The van der Waals surface area contributed by atoms with E-state index in [1.807, 2.05) is 41.7 Å². The molecular weight excluding hydrogens is 322 g/mol. The minimum atomic E-state index is -0.0798. The van der Waals surface area contributed by atoms with E-state index in [9.17, 15) is 4.79 Å². The lowest BCUT2D eigenvalue weighted by Crippen LogP contribution is -2.45. The van der Waals surface area contributed by atoms with Gasteiger partial charge >= 0.3 is 0 Å². The van der Waals surface area contributed by atoms with Crippen LogP contribution >= 0.6 is 11.6 Å². The van der Waals surface area contributed by atoms with E-state index in [4.69, 9.17) is 11.6 Å². The molecule has 4 rings (SSSR count). The zero-order valence-corrected chi connectivity index (χ0v) is 14.5. The summed E-state index contributed by atoms with van der Waals surface area (Å²) in [6, 6.07) is 7.68. The third-order valence-electron chi connectivity index (χ3n) is 5.35. The molecule has 1 atom stereocenters. The molecule has 126 valence electrons. The number of carbonyl (C=O) groups excluding carboxylic acids is 1. The SMILES string of the molecule is O=C1C(C2CCCCC2)n2cncc2CN1Cc1ccc(Cl)cc1. The molecule has 0 bridgehead atoms. The van der Waals surface area contributed by atoms with Crippen LogP contribution in [-0.4, -0.2) is 20.4 Å². The Bertz CT molecular complexity index is 718. The van der Waals surface area contributed by atoms with E-state index >= 15 is 0 Å². The lowest BCUT2D eigenvalue weighted by molar-refractivity contribution is -0.140. The summed E-state index contributed by atoms with van der Waals surface area (Å²) < 4.78 is 2.12. The normalized spacial score (nSPS) is 21.8. The van der Waals surface area contributed by atoms with Crippen molar-refractivity contribution >= 4 is 17.5 Å². The van der Waals surface area contributed by atoms with Gasteiger partial charge in [0, 0.05) is 17.8 Å². The van der Waals surface area contributed by atoms with Gasteiger partial charge in [0.05, 0.1) is 18.6 Å². The van der Waals surface area contributed by atoms with Crippen LogP contribution in [0.5, 0.6) is 0 Å². The number of nitrogens with zero attached hydrogens (tertiary/aromatic N) is 3. The summed E-state index contributed by atoms with van der Waals surface area (Å²) in [6.07, 6.45) is 9.78. The fourth-order valence-electron chi connectivity index (χ4n) is 4.11. The van der Waals surface area contributed by atoms with Gasteiger partial charge in [0.25, 0.3) is 0 Å². The minimum Gasteiger partial charge on any atom is -0.331 e. The maximum Gasteiger partial charge on any atom is 0.246 e. The number of hydrogen-bond donors (Lipinski definition) is 0. The average molecular weight is 344 g/mol. The Kier molecular flexibility index (Phi) is 4.31. The van der Waals surface area contributed by atoms with E-state index in [2.05, 4.69) is 9.55 Å². The van der Waals surface area contributed by atoms with Gasteiger partial charge in [-0.25, -0.2) is 4.98 Å². The second kappa shape index (κ2) is 6.60. The Morgan fingerprint density at radius 3 is 2.62 bits per heavy atom. The van der Waals surface area contributed by atoms with Crippen LogP contribution in [0.15, 0.2) is 36.8 Å². The van der Waals surface area contributed by atoms with Gasteiger partial charge in [-0.05, 0) is 36.5 Å². The van der Waals surface area contributed by atoms with Gasteiger partial charge in [-0.15, -0.1) is 0 Å². The highest BCUT2D eigenvalue weighted by Crippen LogP contribution is 2.37. The number of carbonyl (C=O) groups is 1. The number of aromatic nitrogens is 2. The van der Waals surface area contributed by atoms with E-state index in [0.717, 1.165) is 29.1 Å². The topological polar surface area (TPSA) is 38.1 Å². The van der Waals surface area contributed by atoms with Crippen molar-refractivity contribution < 1.29 is 4.79 Å². The van der Waals surface area contributed by atoms with Crippen molar-refractivity contribution in [1.82, 2.24) is 14.5 Å². The molecule has 5 heteroatoms. The third-order valence-corrected chi connectivity index (χ3v) is 5.60. The first kappa shape index (κ1) is 15.7. The fourth-order valence-corrected chi connectivity index (χ4v) is 4.23. The average Bonchev–Trinajstić information content (AvgIpc) is 3.06. The lowest BCUT2D eigenvalue weighted by atomic mass is 9.82. The summed E-state index contributed by atoms with van der Waals surface area (Å²) in [6.45, 7) is 1.26. The van der Waals surface area contributed by atoms with Crippen molar-refractivity contribution in [3.8, 4) is 0 Å². The molecule has 24 heavy (non-hydrogen) atoms. The van der Waals surface area contributed by atoms with E-state index in [1.54, 1.807) is 0 Å².